The molecule has 0 spiro atoms. The van der Waals surface area contributed by atoms with Crippen LogP contribution in [-0.4, -0.2) is 11.3 Å². The van der Waals surface area contributed by atoms with Gasteiger partial charge < -0.3 is 4.74 Å². The first-order valence-corrected chi connectivity index (χ1v) is 2.65. The maximum Gasteiger partial charge on any atom is 0.573 e. The van der Waals surface area contributed by atoms with E-state index in [1.807, 2.05) is 0 Å². The Morgan fingerprint density at radius 1 is 1.45 bits per heavy atom. The molecule has 0 atom stereocenters. The smallest absolute Gasteiger partial charge is 0.405 e. The zero-order valence-electron chi connectivity index (χ0n) is 5.22. The van der Waals surface area contributed by atoms with E-state index in [1.165, 1.54) is 6.20 Å². The van der Waals surface area contributed by atoms with Crippen molar-refractivity contribution in [3.8, 4) is 5.75 Å². The molecular formula is C6H3F3NO. The fourth-order valence-corrected chi connectivity index (χ4v) is 0.491. The minimum Gasteiger partial charge on any atom is -0.405 e. The first kappa shape index (κ1) is 7.84. The summed E-state index contributed by atoms with van der Waals surface area (Å²) in [4.78, 5) is 3.47. The molecule has 1 radical (unpaired) electrons. The van der Waals surface area contributed by atoms with Crippen LogP contribution in [0.25, 0.3) is 0 Å². The molecule has 0 aromatic carbocycles. The maximum absolute atomic E-state index is 11.5. The Labute approximate surface area is 60.6 Å². The molecule has 1 rings (SSSR count). The van der Waals surface area contributed by atoms with E-state index in [-0.39, 0.29) is 5.75 Å². The number of rotatable bonds is 1. The van der Waals surface area contributed by atoms with Crippen LogP contribution in [0, 0.1) is 6.07 Å². The van der Waals surface area contributed by atoms with Crippen molar-refractivity contribution in [3.63, 3.8) is 0 Å². The topological polar surface area (TPSA) is 22.1 Å². The minimum atomic E-state index is -4.65. The summed E-state index contributed by atoms with van der Waals surface area (Å²) in [5.74, 6) is -0.382. The van der Waals surface area contributed by atoms with Crippen molar-refractivity contribution >= 4 is 0 Å². The van der Waals surface area contributed by atoms with Crippen molar-refractivity contribution < 1.29 is 17.9 Å². The van der Waals surface area contributed by atoms with Crippen LogP contribution >= 0.6 is 0 Å². The summed E-state index contributed by atoms with van der Waals surface area (Å²) in [5, 5.41) is 0. The van der Waals surface area contributed by atoms with Gasteiger partial charge in [0, 0.05) is 18.5 Å². The summed E-state index contributed by atoms with van der Waals surface area (Å²) in [6.07, 6.45) is -2.36. The quantitative estimate of drug-likeness (QED) is 0.627. The zero-order chi connectivity index (χ0) is 8.32. The summed E-state index contributed by atoms with van der Waals surface area (Å²) in [5.41, 5.74) is 0. The lowest BCUT2D eigenvalue weighted by molar-refractivity contribution is -0.274. The molecule has 0 aliphatic rings. The summed E-state index contributed by atoms with van der Waals surface area (Å²) in [6.45, 7) is 0. The second-order valence-corrected chi connectivity index (χ2v) is 1.65. The lowest BCUT2D eigenvalue weighted by Gasteiger charge is -2.06. The van der Waals surface area contributed by atoms with E-state index >= 15 is 0 Å². The van der Waals surface area contributed by atoms with Gasteiger partial charge in [-0.05, 0) is 6.07 Å². The zero-order valence-corrected chi connectivity index (χ0v) is 5.22. The van der Waals surface area contributed by atoms with E-state index in [9.17, 15) is 13.2 Å². The van der Waals surface area contributed by atoms with Gasteiger partial charge in [0.1, 0.15) is 5.75 Å². The Hall–Kier alpha value is -1.26. The highest BCUT2D eigenvalue weighted by Gasteiger charge is 2.30. The molecule has 0 bridgehead atoms. The van der Waals surface area contributed by atoms with E-state index in [0.717, 1.165) is 12.3 Å². The van der Waals surface area contributed by atoms with Gasteiger partial charge in [0.2, 0.25) is 0 Å². The van der Waals surface area contributed by atoms with Gasteiger partial charge in [-0.25, -0.2) is 0 Å². The summed E-state index contributed by atoms with van der Waals surface area (Å²) in [6, 6.07) is 3.25. The number of halogens is 3. The van der Waals surface area contributed by atoms with Gasteiger partial charge in [-0.1, -0.05) is 0 Å². The molecule has 0 aliphatic carbocycles. The van der Waals surface area contributed by atoms with E-state index in [2.05, 4.69) is 15.8 Å². The van der Waals surface area contributed by atoms with Gasteiger partial charge in [0.15, 0.2) is 0 Å². The van der Waals surface area contributed by atoms with Crippen LogP contribution in [0.1, 0.15) is 0 Å². The van der Waals surface area contributed by atoms with Crippen LogP contribution < -0.4 is 4.74 Å². The molecule has 0 fully saturated rings. The van der Waals surface area contributed by atoms with Gasteiger partial charge in [0.05, 0.1) is 0 Å². The predicted octanol–water partition coefficient (Wildman–Crippen LogP) is 1.78. The monoisotopic (exact) mass is 162 g/mol. The number of hydrogen-bond acceptors (Lipinski definition) is 2. The Kier molecular flexibility index (Phi) is 1.98. The summed E-state index contributed by atoms with van der Waals surface area (Å²) in [7, 11) is 0. The Bertz CT molecular complexity index is 221. The number of pyridine rings is 1. The number of nitrogens with zero attached hydrogens (tertiary/aromatic N) is 1. The minimum absolute atomic E-state index is 0.382. The third kappa shape index (κ3) is 2.88. The second kappa shape index (κ2) is 2.77. The number of hydrogen-bond donors (Lipinski definition) is 0. The van der Waals surface area contributed by atoms with E-state index in [4.69, 9.17) is 0 Å². The number of ether oxygens (including phenoxy) is 1. The van der Waals surface area contributed by atoms with Gasteiger partial charge in [-0.3, -0.25) is 4.98 Å². The van der Waals surface area contributed by atoms with Crippen molar-refractivity contribution in [2.75, 3.05) is 0 Å². The van der Waals surface area contributed by atoms with Crippen molar-refractivity contribution in [3.05, 3.63) is 24.5 Å². The number of alkyl halides is 3. The standard InChI is InChI=1S/C6H3F3NO/c7-6(8,9)11-5-1-3-10-4-2-5/h1,3-4H. The van der Waals surface area contributed by atoms with Crippen LogP contribution in [0.15, 0.2) is 18.5 Å². The third-order valence-electron chi connectivity index (χ3n) is 0.819. The normalized spacial score (nSPS) is 11.2. The van der Waals surface area contributed by atoms with Crippen LogP contribution in [0.4, 0.5) is 13.2 Å². The van der Waals surface area contributed by atoms with E-state index < -0.39 is 6.36 Å². The molecular weight excluding hydrogens is 159 g/mol. The van der Waals surface area contributed by atoms with Crippen molar-refractivity contribution in [1.82, 2.24) is 4.98 Å². The van der Waals surface area contributed by atoms with Crippen molar-refractivity contribution in [2.24, 2.45) is 0 Å². The predicted molar refractivity (Wildman–Crippen MR) is 29.8 cm³/mol. The summed E-state index contributed by atoms with van der Waals surface area (Å²) < 4.78 is 37.9. The SMILES string of the molecule is FC(F)(F)Oc1[c]cncc1. The van der Waals surface area contributed by atoms with Crippen LogP contribution in [0.3, 0.4) is 0 Å². The van der Waals surface area contributed by atoms with Gasteiger partial charge in [-0.15, -0.1) is 13.2 Å². The van der Waals surface area contributed by atoms with Gasteiger partial charge in [0.25, 0.3) is 0 Å². The maximum atomic E-state index is 11.5. The highest BCUT2D eigenvalue weighted by Crippen LogP contribution is 2.20. The molecule has 0 N–H and O–H groups in total. The van der Waals surface area contributed by atoms with Gasteiger partial charge in [-0.2, -0.15) is 0 Å². The lowest BCUT2D eigenvalue weighted by atomic mass is 10.5. The fraction of sp³-hybridized carbons (Fsp3) is 0.167. The molecule has 1 aromatic heterocycles. The molecule has 59 valence electrons. The largest absolute Gasteiger partial charge is 0.573 e. The van der Waals surface area contributed by atoms with E-state index in [0.29, 0.717) is 0 Å². The van der Waals surface area contributed by atoms with Crippen LogP contribution in [0.2, 0.25) is 0 Å². The van der Waals surface area contributed by atoms with Crippen LogP contribution in [-0.2, 0) is 0 Å². The molecule has 5 heteroatoms. The van der Waals surface area contributed by atoms with Crippen LogP contribution in [0.5, 0.6) is 5.75 Å². The Balaban J connectivity index is 2.66. The third-order valence-corrected chi connectivity index (χ3v) is 0.819. The molecule has 0 aliphatic heterocycles. The second-order valence-electron chi connectivity index (χ2n) is 1.65. The average molecular weight is 162 g/mol. The highest BCUT2D eigenvalue weighted by atomic mass is 19.4. The first-order valence-electron chi connectivity index (χ1n) is 2.65. The molecule has 1 aromatic rings. The molecule has 1 heterocycles. The lowest BCUT2D eigenvalue weighted by Crippen LogP contribution is -2.17. The van der Waals surface area contributed by atoms with Crippen molar-refractivity contribution in [1.29, 1.82) is 0 Å². The first-order chi connectivity index (χ1) is 5.08. The molecule has 0 unspecified atom stereocenters. The Morgan fingerprint density at radius 3 is 2.64 bits per heavy atom. The summed E-state index contributed by atoms with van der Waals surface area (Å²) >= 11 is 0. The Morgan fingerprint density at radius 2 is 2.18 bits per heavy atom. The van der Waals surface area contributed by atoms with Crippen molar-refractivity contribution in [2.45, 2.75) is 6.36 Å². The van der Waals surface area contributed by atoms with Gasteiger partial charge >= 0.3 is 6.36 Å². The molecule has 11 heavy (non-hydrogen) atoms. The molecule has 2 nitrogen and oxygen atoms in total. The average Bonchev–Trinajstić information content (AvgIpc) is 1.85. The highest BCUT2D eigenvalue weighted by molar-refractivity contribution is 5.15. The fourth-order valence-electron chi connectivity index (χ4n) is 0.491. The molecule has 0 saturated heterocycles. The number of aromatic nitrogens is 1. The van der Waals surface area contributed by atoms with E-state index in [1.54, 1.807) is 0 Å². The molecule has 0 saturated carbocycles. The molecule has 0 amide bonds.